The molecule has 0 aliphatic heterocycles. The Morgan fingerprint density at radius 1 is 1.67 bits per heavy atom. The monoisotopic (exact) mass is 229 g/mol. The highest BCUT2D eigenvalue weighted by atomic mass is 35.5. The van der Waals surface area contributed by atoms with Gasteiger partial charge in [-0.05, 0) is 24.6 Å². The van der Waals surface area contributed by atoms with Crippen LogP contribution in [-0.4, -0.2) is 12.2 Å². The summed E-state index contributed by atoms with van der Waals surface area (Å²) in [6, 6.07) is 1.89. The second-order valence-electron chi connectivity index (χ2n) is 2.86. The van der Waals surface area contributed by atoms with E-state index in [1.54, 1.807) is 6.92 Å². The Hall–Kier alpha value is -1.62. The van der Waals surface area contributed by atoms with Crippen LogP contribution in [0, 0.1) is 12.7 Å². The number of nitrogens with one attached hydrogen (secondary N) is 1. The van der Waals surface area contributed by atoms with E-state index in [2.05, 4.69) is 5.10 Å². The predicted molar refractivity (Wildman–Crippen MR) is 56.5 cm³/mol. The molecule has 2 amide bonds. The number of hydrogen-bond acceptors (Lipinski definition) is 2. The van der Waals surface area contributed by atoms with Crippen LogP contribution in [-0.2, 0) is 0 Å². The maximum absolute atomic E-state index is 13.2. The summed E-state index contributed by atoms with van der Waals surface area (Å²) in [5.74, 6) is -0.513. The standard InChI is InChI=1S/C9H9ClFN3O/c1-5-2-6(4-13-14-9(12)15)8(11)3-7(5)10/h2-4H,1H3,(H3,12,14,15). The van der Waals surface area contributed by atoms with Gasteiger partial charge in [0.05, 0.1) is 6.21 Å². The van der Waals surface area contributed by atoms with Crippen LogP contribution in [0.1, 0.15) is 11.1 Å². The molecule has 1 rings (SSSR count). The van der Waals surface area contributed by atoms with Gasteiger partial charge in [-0.15, -0.1) is 0 Å². The van der Waals surface area contributed by atoms with E-state index in [-0.39, 0.29) is 5.56 Å². The SMILES string of the molecule is Cc1cc(C=NNC(N)=O)c(F)cc1Cl. The molecule has 0 aliphatic carbocycles. The maximum atomic E-state index is 13.2. The molecule has 0 aromatic heterocycles. The number of carbonyl (C=O) groups is 1. The molecule has 15 heavy (non-hydrogen) atoms. The Kier molecular flexibility index (Phi) is 3.62. The van der Waals surface area contributed by atoms with Gasteiger partial charge >= 0.3 is 6.03 Å². The molecule has 0 unspecified atom stereocenters. The zero-order valence-corrected chi connectivity index (χ0v) is 8.68. The first-order valence-corrected chi connectivity index (χ1v) is 4.42. The van der Waals surface area contributed by atoms with E-state index in [4.69, 9.17) is 17.3 Å². The van der Waals surface area contributed by atoms with Gasteiger partial charge in [-0.1, -0.05) is 11.6 Å². The molecule has 1 aromatic rings. The minimum atomic E-state index is -0.808. The summed E-state index contributed by atoms with van der Waals surface area (Å²) in [4.78, 5) is 10.3. The molecule has 6 heteroatoms. The molecule has 0 radical (unpaired) electrons. The molecule has 0 spiro atoms. The summed E-state index contributed by atoms with van der Waals surface area (Å²) in [6.45, 7) is 1.74. The van der Waals surface area contributed by atoms with Gasteiger partial charge in [0.1, 0.15) is 5.82 Å². The van der Waals surface area contributed by atoms with Crippen molar-refractivity contribution in [1.82, 2.24) is 5.43 Å². The zero-order valence-electron chi connectivity index (χ0n) is 7.92. The average Bonchev–Trinajstić information content (AvgIpc) is 2.13. The number of primary amides is 1. The lowest BCUT2D eigenvalue weighted by molar-refractivity contribution is 0.249. The Bertz CT molecular complexity index is 420. The number of urea groups is 1. The van der Waals surface area contributed by atoms with Gasteiger partial charge in [0, 0.05) is 10.6 Å². The van der Waals surface area contributed by atoms with Crippen LogP contribution in [0.15, 0.2) is 17.2 Å². The number of nitrogens with two attached hydrogens (primary N) is 1. The van der Waals surface area contributed by atoms with E-state index < -0.39 is 11.8 Å². The highest BCUT2D eigenvalue weighted by Gasteiger charge is 2.03. The van der Waals surface area contributed by atoms with Crippen LogP contribution in [0.25, 0.3) is 0 Å². The number of nitrogens with zero attached hydrogens (tertiary/aromatic N) is 1. The Morgan fingerprint density at radius 3 is 2.93 bits per heavy atom. The van der Waals surface area contributed by atoms with Crippen molar-refractivity contribution < 1.29 is 9.18 Å². The number of hydrazone groups is 1. The van der Waals surface area contributed by atoms with Crippen molar-refractivity contribution in [1.29, 1.82) is 0 Å². The number of rotatable bonds is 2. The minimum absolute atomic E-state index is 0.227. The van der Waals surface area contributed by atoms with Gasteiger partial charge < -0.3 is 5.73 Å². The van der Waals surface area contributed by atoms with Crippen LogP contribution in [0.3, 0.4) is 0 Å². The molecule has 80 valence electrons. The van der Waals surface area contributed by atoms with Crippen LogP contribution < -0.4 is 11.2 Å². The summed E-state index contributed by atoms with van der Waals surface area (Å²) >= 11 is 5.70. The van der Waals surface area contributed by atoms with E-state index in [9.17, 15) is 9.18 Å². The Balaban J connectivity index is 2.90. The molecule has 0 fully saturated rings. The lowest BCUT2D eigenvalue weighted by atomic mass is 10.1. The van der Waals surface area contributed by atoms with Gasteiger partial charge in [-0.3, -0.25) is 0 Å². The lowest BCUT2D eigenvalue weighted by Crippen LogP contribution is -2.24. The first-order valence-electron chi connectivity index (χ1n) is 4.05. The minimum Gasteiger partial charge on any atom is -0.350 e. The van der Waals surface area contributed by atoms with Gasteiger partial charge in [0.2, 0.25) is 0 Å². The van der Waals surface area contributed by atoms with Crippen LogP contribution in [0.2, 0.25) is 5.02 Å². The highest BCUT2D eigenvalue weighted by Crippen LogP contribution is 2.18. The molecular weight excluding hydrogens is 221 g/mol. The zero-order chi connectivity index (χ0) is 11.4. The molecule has 0 saturated heterocycles. The van der Waals surface area contributed by atoms with Crippen molar-refractivity contribution in [2.45, 2.75) is 6.92 Å². The van der Waals surface area contributed by atoms with Gasteiger partial charge in [0.15, 0.2) is 0 Å². The predicted octanol–water partition coefficient (Wildman–Crippen LogP) is 1.79. The van der Waals surface area contributed by atoms with Crippen molar-refractivity contribution in [3.8, 4) is 0 Å². The van der Waals surface area contributed by atoms with E-state index in [0.717, 1.165) is 11.8 Å². The third-order valence-corrected chi connectivity index (χ3v) is 2.06. The van der Waals surface area contributed by atoms with Gasteiger partial charge in [-0.2, -0.15) is 5.10 Å². The Labute approximate surface area is 90.9 Å². The quantitative estimate of drug-likeness (QED) is 0.589. The van der Waals surface area contributed by atoms with Gasteiger partial charge in [0.25, 0.3) is 0 Å². The first kappa shape index (κ1) is 11.5. The summed E-state index contributed by atoms with van der Waals surface area (Å²) in [6.07, 6.45) is 1.16. The second kappa shape index (κ2) is 4.75. The second-order valence-corrected chi connectivity index (χ2v) is 3.26. The highest BCUT2D eigenvalue weighted by molar-refractivity contribution is 6.31. The van der Waals surface area contributed by atoms with Crippen LogP contribution in [0.4, 0.5) is 9.18 Å². The lowest BCUT2D eigenvalue weighted by Gasteiger charge is -2.01. The molecule has 4 nitrogen and oxygen atoms in total. The molecule has 0 heterocycles. The third-order valence-electron chi connectivity index (χ3n) is 1.66. The van der Waals surface area contributed by atoms with E-state index in [0.29, 0.717) is 5.02 Å². The number of amides is 2. The summed E-state index contributed by atoms with van der Waals surface area (Å²) in [7, 11) is 0. The van der Waals surface area contributed by atoms with Crippen molar-refractivity contribution >= 4 is 23.8 Å². The summed E-state index contributed by atoms with van der Waals surface area (Å²) in [5, 5.41) is 3.78. The fourth-order valence-electron chi connectivity index (χ4n) is 0.944. The number of carbonyl (C=O) groups excluding carboxylic acids is 1. The van der Waals surface area contributed by atoms with Crippen molar-refractivity contribution in [2.75, 3.05) is 0 Å². The van der Waals surface area contributed by atoms with Crippen molar-refractivity contribution in [2.24, 2.45) is 10.8 Å². The number of benzene rings is 1. The van der Waals surface area contributed by atoms with E-state index >= 15 is 0 Å². The normalized spacial score (nSPS) is 10.6. The largest absolute Gasteiger partial charge is 0.350 e. The first-order chi connectivity index (χ1) is 7.00. The van der Waals surface area contributed by atoms with Crippen molar-refractivity contribution in [3.05, 3.63) is 34.1 Å². The number of halogens is 2. The summed E-state index contributed by atoms with van der Waals surface area (Å²) in [5.41, 5.74) is 7.68. The molecule has 0 saturated carbocycles. The topological polar surface area (TPSA) is 67.5 Å². The van der Waals surface area contributed by atoms with Crippen molar-refractivity contribution in [3.63, 3.8) is 0 Å². The third kappa shape index (κ3) is 3.21. The molecule has 0 atom stereocenters. The average molecular weight is 230 g/mol. The molecule has 0 bridgehead atoms. The number of hydrogen-bond donors (Lipinski definition) is 2. The van der Waals surface area contributed by atoms with E-state index in [1.807, 2.05) is 5.43 Å². The van der Waals surface area contributed by atoms with Crippen LogP contribution in [0.5, 0.6) is 0 Å². The molecular formula is C9H9ClFN3O. The summed E-state index contributed by atoms with van der Waals surface area (Å²) < 4.78 is 13.2. The van der Waals surface area contributed by atoms with E-state index in [1.165, 1.54) is 12.1 Å². The Morgan fingerprint density at radius 2 is 2.33 bits per heavy atom. The molecule has 3 N–H and O–H groups in total. The van der Waals surface area contributed by atoms with Crippen LogP contribution >= 0.6 is 11.6 Å². The smallest absolute Gasteiger partial charge is 0.332 e. The molecule has 1 aromatic carbocycles. The fourth-order valence-corrected chi connectivity index (χ4v) is 1.09. The van der Waals surface area contributed by atoms with Gasteiger partial charge in [-0.25, -0.2) is 14.6 Å². The fraction of sp³-hybridized carbons (Fsp3) is 0.111. The molecule has 0 aliphatic rings. The maximum Gasteiger partial charge on any atom is 0.332 e. The number of aryl methyl sites for hydroxylation is 1.